The molecule has 0 bridgehead atoms. The maximum Gasteiger partial charge on any atom is 0.326 e. The fraction of sp³-hybridized carbons (Fsp3) is 0.875. The Morgan fingerprint density at radius 3 is 1.05 bits per heavy atom. The molecule has 0 saturated heterocycles. The van der Waals surface area contributed by atoms with Crippen molar-refractivity contribution < 1.29 is 77.2 Å². The van der Waals surface area contributed by atoms with E-state index >= 15 is 0 Å². The van der Waals surface area contributed by atoms with Gasteiger partial charge in [-0.2, -0.15) is 0 Å². The molecule has 0 aromatic heterocycles. The number of amides is 2. The van der Waals surface area contributed by atoms with Crippen LogP contribution in [-0.2, 0) is 61.9 Å². The molecule has 0 rings (SSSR count). The molecule has 5 N–H and O–H groups in total. The van der Waals surface area contributed by atoms with E-state index in [-0.39, 0.29) is 63.7 Å². The highest BCUT2D eigenvalue weighted by molar-refractivity contribution is 5.84. The van der Waals surface area contributed by atoms with Crippen molar-refractivity contribution in [3.8, 4) is 0 Å². The third-order valence-corrected chi connectivity index (χ3v) is 8.47. The fourth-order valence-corrected chi connectivity index (χ4v) is 5.28. The van der Waals surface area contributed by atoms with Crippen LogP contribution >= 0.6 is 0 Å². The largest absolute Gasteiger partial charge is 0.481 e. The van der Waals surface area contributed by atoms with Crippen LogP contribution in [0.4, 0.5) is 0 Å². The molecule has 0 fully saturated rings. The maximum absolute atomic E-state index is 12.3. The Morgan fingerprint density at radius 2 is 0.690 bits per heavy atom. The van der Waals surface area contributed by atoms with Crippen molar-refractivity contribution in [2.75, 3.05) is 112 Å². The van der Waals surface area contributed by atoms with Crippen molar-refractivity contribution >= 4 is 29.7 Å². The summed E-state index contributed by atoms with van der Waals surface area (Å²) >= 11 is 0. The number of hydrogen-bond acceptors (Lipinski definition) is 13. The summed E-state index contributed by atoms with van der Waals surface area (Å²) < 4.78 is 43.0. The fourth-order valence-electron chi connectivity index (χ4n) is 5.28. The quantitative estimate of drug-likeness (QED) is 0.0550. The summed E-state index contributed by atoms with van der Waals surface area (Å²) in [4.78, 5) is 56.9. The highest BCUT2D eigenvalue weighted by atomic mass is 16.6. The van der Waals surface area contributed by atoms with Gasteiger partial charge in [-0.1, -0.05) is 64.2 Å². The number of nitrogens with one attached hydrogen (secondary N) is 2. The van der Waals surface area contributed by atoms with Crippen molar-refractivity contribution in [1.29, 1.82) is 0 Å². The van der Waals surface area contributed by atoms with Gasteiger partial charge in [0.25, 0.3) is 0 Å². The predicted molar refractivity (Wildman–Crippen MR) is 213 cm³/mol. The Hall–Kier alpha value is -2.97. The van der Waals surface area contributed by atoms with Crippen LogP contribution in [-0.4, -0.2) is 163 Å². The number of ether oxygens (including phenoxy) is 8. The number of rotatable bonds is 47. The number of unbranched alkanes of at least 4 members (excludes halogenated alkanes) is 11. The van der Waals surface area contributed by atoms with E-state index in [9.17, 15) is 29.1 Å². The molecule has 0 aliphatic rings. The molecule has 0 saturated carbocycles. The summed E-state index contributed by atoms with van der Waals surface area (Å²) in [6.45, 7) is 6.46. The molecule has 2 amide bonds. The lowest BCUT2D eigenvalue weighted by Gasteiger charge is -2.14. The zero-order valence-corrected chi connectivity index (χ0v) is 34.8. The lowest BCUT2D eigenvalue weighted by atomic mass is 10.0. The minimum Gasteiger partial charge on any atom is -0.481 e. The molecule has 0 aliphatic carbocycles. The van der Waals surface area contributed by atoms with Crippen LogP contribution in [0.2, 0.25) is 0 Å². The Balaban J connectivity index is 3.48. The third-order valence-electron chi connectivity index (χ3n) is 8.47. The van der Waals surface area contributed by atoms with Gasteiger partial charge in [-0.25, -0.2) is 4.79 Å². The van der Waals surface area contributed by atoms with E-state index in [0.717, 1.165) is 51.4 Å². The summed E-state index contributed by atoms with van der Waals surface area (Å²) in [6, 6.07) is -1.12. The van der Waals surface area contributed by atoms with Gasteiger partial charge in [0, 0.05) is 25.8 Å². The summed E-state index contributed by atoms with van der Waals surface area (Å²) in [5, 5.41) is 31.9. The number of carbonyl (C=O) groups excluding carboxylic acids is 2. The number of hydrogen-bond donors (Lipinski definition) is 5. The van der Waals surface area contributed by atoms with E-state index in [1.54, 1.807) is 0 Å². The SMILES string of the molecule is O=C(O)CCCCCCCCCCCCCCC(=O)N[C@@H](CCC(=O)NCCOCCOCCOCCOCCOCCOCCOCCOCCC(=O)O)C(=O)O. The topological polar surface area (TPSA) is 244 Å². The molecular formula is C40H74N2O16. The first-order valence-corrected chi connectivity index (χ1v) is 21.1. The van der Waals surface area contributed by atoms with Gasteiger partial charge in [-0.15, -0.1) is 0 Å². The normalized spacial score (nSPS) is 11.7. The van der Waals surface area contributed by atoms with E-state index in [1.165, 1.54) is 19.3 Å². The molecule has 18 nitrogen and oxygen atoms in total. The Labute approximate surface area is 344 Å². The van der Waals surface area contributed by atoms with Crippen LogP contribution in [0, 0.1) is 0 Å². The molecule has 18 heteroatoms. The molecule has 0 aromatic carbocycles. The van der Waals surface area contributed by atoms with Gasteiger partial charge in [-0.05, 0) is 19.3 Å². The smallest absolute Gasteiger partial charge is 0.326 e. The van der Waals surface area contributed by atoms with Crippen LogP contribution in [0.25, 0.3) is 0 Å². The standard InChI is InChI=1S/C40H74N2O16/c43-36(16-15-35(40(49)50)42-37(44)13-11-9-7-5-3-1-2-4-6-8-10-12-14-38(45)46)41-18-20-52-22-24-54-26-28-56-30-32-58-34-33-57-31-29-55-27-25-53-23-21-51-19-17-39(47)48/h35H,1-34H2,(H,41,43)(H,42,44)(H,45,46)(H,47,48)(H,49,50)/t35-/m0/s1. The lowest BCUT2D eigenvalue weighted by Crippen LogP contribution is -2.41. The van der Waals surface area contributed by atoms with E-state index in [2.05, 4.69) is 10.6 Å². The van der Waals surface area contributed by atoms with Crippen LogP contribution in [0.5, 0.6) is 0 Å². The number of aliphatic carboxylic acids is 3. The van der Waals surface area contributed by atoms with Crippen molar-refractivity contribution in [3.63, 3.8) is 0 Å². The molecule has 0 aliphatic heterocycles. The minimum absolute atomic E-state index is 0.000565. The molecular weight excluding hydrogens is 764 g/mol. The van der Waals surface area contributed by atoms with Crippen LogP contribution in [0.15, 0.2) is 0 Å². The molecule has 340 valence electrons. The summed E-state index contributed by atoms with van der Waals surface area (Å²) in [7, 11) is 0. The van der Waals surface area contributed by atoms with Crippen molar-refractivity contribution in [2.24, 2.45) is 0 Å². The number of carboxylic acid groups (broad SMARTS) is 3. The highest BCUT2D eigenvalue weighted by Crippen LogP contribution is 2.13. The number of carbonyl (C=O) groups is 5. The lowest BCUT2D eigenvalue weighted by molar-refractivity contribution is -0.142. The zero-order valence-electron chi connectivity index (χ0n) is 34.8. The van der Waals surface area contributed by atoms with Crippen molar-refractivity contribution in [2.45, 2.75) is 115 Å². The first kappa shape index (κ1) is 55.0. The number of carboxylic acids is 3. The second kappa shape index (κ2) is 43.6. The van der Waals surface area contributed by atoms with Gasteiger partial charge in [0.1, 0.15) is 6.04 Å². The molecule has 0 radical (unpaired) electrons. The van der Waals surface area contributed by atoms with Crippen LogP contribution < -0.4 is 10.6 Å². The summed E-state index contributed by atoms with van der Waals surface area (Å²) in [6.07, 6.45) is 12.9. The van der Waals surface area contributed by atoms with Gasteiger partial charge in [-0.3, -0.25) is 19.2 Å². The third kappa shape index (κ3) is 44.1. The Bertz CT molecular complexity index is 1010. The van der Waals surface area contributed by atoms with Gasteiger partial charge < -0.3 is 63.8 Å². The minimum atomic E-state index is -1.17. The summed E-state index contributed by atoms with van der Waals surface area (Å²) in [5.41, 5.74) is 0. The van der Waals surface area contributed by atoms with Crippen molar-refractivity contribution in [1.82, 2.24) is 10.6 Å². The second-order valence-electron chi connectivity index (χ2n) is 13.5. The van der Waals surface area contributed by atoms with E-state index in [0.29, 0.717) is 98.9 Å². The molecule has 0 aromatic rings. The zero-order chi connectivity index (χ0) is 42.6. The van der Waals surface area contributed by atoms with E-state index in [1.807, 2.05) is 0 Å². The summed E-state index contributed by atoms with van der Waals surface area (Å²) in [5.74, 6) is -3.41. The molecule has 58 heavy (non-hydrogen) atoms. The van der Waals surface area contributed by atoms with Gasteiger partial charge in [0.15, 0.2) is 0 Å². The van der Waals surface area contributed by atoms with Gasteiger partial charge in [0.2, 0.25) is 11.8 Å². The monoisotopic (exact) mass is 839 g/mol. The average molecular weight is 839 g/mol. The van der Waals surface area contributed by atoms with E-state index < -0.39 is 23.9 Å². The van der Waals surface area contributed by atoms with Crippen LogP contribution in [0.1, 0.15) is 109 Å². The average Bonchev–Trinajstić information content (AvgIpc) is 3.18. The molecule has 0 spiro atoms. The van der Waals surface area contributed by atoms with Gasteiger partial charge in [0.05, 0.1) is 112 Å². The Kier molecular flexibility index (Phi) is 41.4. The van der Waals surface area contributed by atoms with Crippen molar-refractivity contribution in [3.05, 3.63) is 0 Å². The molecule has 0 unspecified atom stereocenters. The molecule has 1 atom stereocenters. The highest BCUT2D eigenvalue weighted by Gasteiger charge is 2.20. The first-order valence-electron chi connectivity index (χ1n) is 21.1. The maximum atomic E-state index is 12.3. The predicted octanol–water partition coefficient (Wildman–Crippen LogP) is 3.61. The van der Waals surface area contributed by atoms with E-state index in [4.69, 9.17) is 48.1 Å². The van der Waals surface area contributed by atoms with Crippen LogP contribution in [0.3, 0.4) is 0 Å². The molecule has 0 heterocycles. The second-order valence-corrected chi connectivity index (χ2v) is 13.5. The first-order chi connectivity index (χ1) is 28.2. The van der Waals surface area contributed by atoms with Gasteiger partial charge >= 0.3 is 17.9 Å². The Morgan fingerprint density at radius 1 is 0.362 bits per heavy atom.